The SMILES string of the molecule is COc1ccc(C(c2ccc(OC)cc2)N(CC(C)C)CC(C)C)cc1. The van der Waals surface area contributed by atoms with E-state index in [1.54, 1.807) is 14.2 Å². The highest BCUT2D eigenvalue weighted by Crippen LogP contribution is 2.32. The lowest BCUT2D eigenvalue weighted by Gasteiger charge is -2.35. The van der Waals surface area contributed by atoms with Crippen molar-refractivity contribution in [2.45, 2.75) is 33.7 Å². The van der Waals surface area contributed by atoms with Crippen LogP contribution in [0.4, 0.5) is 0 Å². The van der Waals surface area contributed by atoms with E-state index >= 15 is 0 Å². The number of nitrogens with zero attached hydrogens (tertiary/aromatic N) is 1. The Morgan fingerprint density at radius 2 is 1.00 bits per heavy atom. The monoisotopic (exact) mass is 355 g/mol. The third-order valence-corrected chi connectivity index (χ3v) is 4.43. The van der Waals surface area contributed by atoms with Gasteiger partial charge in [0, 0.05) is 13.1 Å². The average molecular weight is 356 g/mol. The molecule has 3 nitrogen and oxygen atoms in total. The standard InChI is InChI=1S/C23H33NO2/c1-17(2)15-24(16-18(3)4)23(19-7-11-21(25-5)12-8-19)20-9-13-22(26-6)14-10-20/h7-14,17-18,23H,15-16H2,1-6H3. The summed E-state index contributed by atoms with van der Waals surface area (Å²) in [5.41, 5.74) is 2.58. The molecular weight excluding hydrogens is 322 g/mol. The number of methoxy groups -OCH3 is 2. The van der Waals surface area contributed by atoms with Crippen LogP contribution in [-0.2, 0) is 0 Å². The molecule has 0 aliphatic rings. The maximum atomic E-state index is 5.34. The number of benzene rings is 2. The maximum Gasteiger partial charge on any atom is 0.118 e. The normalized spacial score (nSPS) is 11.6. The lowest BCUT2D eigenvalue weighted by Crippen LogP contribution is -2.35. The fourth-order valence-electron chi connectivity index (χ4n) is 3.41. The van der Waals surface area contributed by atoms with Gasteiger partial charge in [0.1, 0.15) is 11.5 Å². The molecule has 0 atom stereocenters. The van der Waals surface area contributed by atoms with Crippen molar-refractivity contribution >= 4 is 0 Å². The van der Waals surface area contributed by atoms with E-state index in [1.165, 1.54) is 11.1 Å². The molecule has 0 unspecified atom stereocenters. The van der Waals surface area contributed by atoms with E-state index in [9.17, 15) is 0 Å². The van der Waals surface area contributed by atoms with Crippen LogP contribution < -0.4 is 9.47 Å². The molecule has 0 aliphatic heterocycles. The van der Waals surface area contributed by atoms with E-state index in [4.69, 9.17) is 9.47 Å². The van der Waals surface area contributed by atoms with Gasteiger partial charge in [0.25, 0.3) is 0 Å². The third-order valence-electron chi connectivity index (χ3n) is 4.43. The zero-order valence-electron chi connectivity index (χ0n) is 17.0. The minimum atomic E-state index is 0.219. The quantitative estimate of drug-likeness (QED) is 0.600. The number of hydrogen-bond donors (Lipinski definition) is 0. The van der Waals surface area contributed by atoms with Crippen molar-refractivity contribution in [3.8, 4) is 11.5 Å². The van der Waals surface area contributed by atoms with E-state index in [2.05, 4.69) is 81.1 Å². The first-order chi connectivity index (χ1) is 12.4. The van der Waals surface area contributed by atoms with Gasteiger partial charge in [-0.2, -0.15) is 0 Å². The van der Waals surface area contributed by atoms with Gasteiger partial charge in [-0.3, -0.25) is 4.90 Å². The molecule has 0 N–H and O–H groups in total. The molecule has 26 heavy (non-hydrogen) atoms. The second kappa shape index (κ2) is 9.63. The lowest BCUT2D eigenvalue weighted by molar-refractivity contribution is 0.179. The predicted molar refractivity (Wildman–Crippen MR) is 109 cm³/mol. The Balaban J connectivity index is 2.46. The van der Waals surface area contributed by atoms with Gasteiger partial charge in [-0.25, -0.2) is 0 Å². The van der Waals surface area contributed by atoms with Crippen molar-refractivity contribution in [2.75, 3.05) is 27.3 Å². The zero-order chi connectivity index (χ0) is 19.1. The van der Waals surface area contributed by atoms with Gasteiger partial charge in [-0.05, 0) is 47.2 Å². The number of ether oxygens (including phenoxy) is 2. The molecule has 0 fully saturated rings. The van der Waals surface area contributed by atoms with Crippen molar-refractivity contribution < 1.29 is 9.47 Å². The smallest absolute Gasteiger partial charge is 0.118 e. The highest BCUT2D eigenvalue weighted by atomic mass is 16.5. The zero-order valence-corrected chi connectivity index (χ0v) is 17.0. The second-order valence-electron chi connectivity index (χ2n) is 7.69. The van der Waals surface area contributed by atoms with Crippen LogP contribution in [-0.4, -0.2) is 32.2 Å². The van der Waals surface area contributed by atoms with Gasteiger partial charge in [-0.1, -0.05) is 52.0 Å². The highest BCUT2D eigenvalue weighted by molar-refractivity contribution is 5.38. The first kappa shape index (κ1) is 20.3. The van der Waals surface area contributed by atoms with Gasteiger partial charge in [0.15, 0.2) is 0 Å². The summed E-state index contributed by atoms with van der Waals surface area (Å²) in [6.45, 7) is 11.2. The molecule has 0 heterocycles. The fraction of sp³-hybridized carbons (Fsp3) is 0.478. The van der Waals surface area contributed by atoms with Gasteiger partial charge in [0.05, 0.1) is 20.3 Å². The first-order valence-corrected chi connectivity index (χ1v) is 9.46. The van der Waals surface area contributed by atoms with Crippen LogP contribution in [0, 0.1) is 11.8 Å². The number of hydrogen-bond acceptors (Lipinski definition) is 3. The Morgan fingerprint density at radius 1 is 0.654 bits per heavy atom. The molecule has 0 aliphatic carbocycles. The Kier molecular flexibility index (Phi) is 7.52. The Morgan fingerprint density at radius 3 is 1.27 bits per heavy atom. The van der Waals surface area contributed by atoms with Gasteiger partial charge >= 0.3 is 0 Å². The van der Waals surface area contributed by atoms with E-state index in [1.807, 2.05) is 0 Å². The summed E-state index contributed by atoms with van der Waals surface area (Å²) in [5.74, 6) is 2.99. The molecular formula is C23H33NO2. The largest absolute Gasteiger partial charge is 0.497 e. The van der Waals surface area contributed by atoms with Crippen molar-refractivity contribution in [3.63, 3.8) is 0 Å². The van der Waals surface area contributed by atoms with Gasteiger partial charge in [-0.15, -0.1) is 0 Å². The van der Waals surface area contributed by atoms with E-state index in [-0.39, 0.29) is 6.04 Å². The Labute approximate surface area is 158 Å². The summed E-state index contributed by atoms with van der Waals surface area (Å²) in [6, 6.07) is 17.1. The van der Waals surface area contributed by atoms with Crippen LogP contribution in [0.3, 0.4) is 0 Å². The molecule has 2 rings (SSSR count). The van der Waals surface area contributed by atoms with Gasteiger partial charge in [0.2, 0.25) is 0 Å². The molecule has 0 aromatic heterocycles. The van der Waals surface area contributed by atoms with E-state index < -0.39 is 0 Å². The van der Waals surface area contributed by atoms with Crippen molar-refractivity contribution in [1.82, 2.24) is 4.90 Å². The molecule has 0 saturated heterocycles. The van der Waals surface area contributed by atoms with Crippen LogP contribution >= 0.6 is 0 Å². The minimum Gasteiger partial charge on any atom is -0.497 e. The average Bonchev–Trinajstić information content (AvgIpc) is 2.62. The predicted octanol–water partition coefficient (Wildman–Crippen LogP) is 5.41. The molecule has 0 spiro atoms. The summed E-state index contributed by atoms with van der Waals surface area (Å²) in [6.07, 6.45) is 0. The maximum absolute atomic E-state index is 5.34. The van der Waals surface area contributed by atoms with Crippen LogP contribution in [0.2, 0.25) is 0 Å². The Hall–Kier alpha value is -2.00. The Bertz CT molecular complexity index is 589. The van der Waals surface area contributed by atoms with Crippen LogP contribution in [0.25, 0.3) is 0 Å². The molecule has 0 bridgehead atoms. The van der Waals surface area contributed by atoms with Crippen LogP contribution in [0.5, 0.6) is 11.5 Å². The number of rotatable bonds is 9. The summed E-state index contributed by atoms with van der Waals surface area (Å²) in [5, 5.41) is 0. The molecule has 0 saturated carbocycles. The highest BCUT2D eigenvalue weighted by Gasteiger charge is 2.24. The van der Waals surface area contributed by atoms with E-state index in [0.29, 0.717) is 11.8 Å². The first-order valence-electron chi connectivity index (χ1n) is 9.46. The third kappa shape index (κ3) is 5.50. The summed E-state index contributed by atoms with van der Waals surface area (Å²) in [4.78, 5) is 2.60. The minimum absolute atomic E-state index is 0.219. The van der Waals surface area contributed by atoms with Gasteiger partial charge < -0.3 is 9.47 Å². The molecule has 0 radical (unpaired) electrons. The molecule has 0 amide bonds. The topological polar surface area (TPSA) is 21.7 Å². The van der Waals surface area contributed by atoms with E-state index in [0.717, 1.165) is 24.6 Å². The van der Waals surface area contributed by atoms with Crippen molar-refractivity contribution in [3.05, 3.63) is 59.7 Å². The molecule has 142 valence electrons. The summed E-state index contributed by atoms with van der Waals surface area (Å²) >= 11 is 0. The van der Waals surface area contributed by atoms with Crippen LogP contribution in [0.1, 0.15) is 44.9 Å². The summed E-state index contributed by atoms with van der Waals surface area (Å²) < 4.78 is 10.7. The van der Waals surface area contributed by atoms with Crippen molar-refractivity contribution in [1.29, 1.82) is 0 Å². The lowest BCUT2D eigenvalue weighted by atomic mass is 9.95. The summed E-state index contributed by atoms with van der Waals surface area (Å²) in [7, 11) is 3.42. The van der Waals surface area contributed by atoms with Crippen LogP contribution in [0.15, 0.2) is 48.5 Å². The molecule has 2 aromatic carbocycles. The fourth-order valence-corrected chi connectivity index (χ4v) is 3.41. The molecule has 3 heteroatoms. The molecule has 2 aromatic rings. The second-order valence-corrected chi connectivity index (χ2v) is 7.69. The van der Waals surface area contributed by atoms with Crippen molar-refractivity contribution in [2.24, 2.45) is 11.8 Å².